The topological polar surface area (TPSA) is 121 Å². The molecule has 8 heteroatoms. The van der Waals surface area contributed by atoms with Crippen LogP contribution in [0.2, 0.25) is 0 Å². The van der Waals surface area contributed by atoms with E-state index < -0.39 is 0 Å². The molecule has 198 valence electrons. The van der Waals surface area contributed by atoms with E-state index in [2.05, 4.69) is 86.0 Å². The fourth-order valence-electron chi connectivity index (χ4n) is 3.88. The molecular formula is C29H41N7O. The predicted molar refractivity (Wildman–Crippen MR) is 156 cm³/mol. The number of unbranched alkanes of at least 4 members (excludes halogenated alkanes) is 3. The van der Waals surface area contributed by atoms with Crippen molar-refractivity contribution in [3.63, 3.8) is 0 Å². The molecule has 6 N–H and O–H groups in total. The molecule has 0 bridgehead atoms. The van der Waals surface area contributed by atoms with Crippen LogP contribution in [0.3, 0.4) is 0 Å². The van der Waals surface area contributed by atoms with Crippen molar-refractivity contribution in [3.8, 4) is 11.3 Å². The molecule has 0 saturated carbocycles. The van der Waals surface area contributed by atoms with Crippen LogP contribution in [0.4, 0.5) is 11.5 Å². The molecule has 0 aliphatic heterocycles. The van der Waals surface area contributed by atoms with Crippen LogP contribution in [-0.2, 0) is 11.3 Å². The van der Waals surface area contributed by atoms with Crippen molar-refractivity contribution in [3.05, 3.63) is 72.6 Å². The van der Waals surface area contributed by atoms with Gasteiger partial charge in [-0.05, 0) is 49.3 Å². The average molecular weight is 504 g/mol. The van der Waals surface area contributed by atoms with E-state index >= 15 is 0 Å². The smallest absolute Gasteiger partial charge is 0.143 e. The number of rotatable bonds is 13. The number of benzene rings is 2. The molecule has 0 aliphatic carbocycles. The summed E-state index contributed by atoms with van der Waals surface area (Å²) in [7, 11) is 1.50. The highest BCUT2D eigenvalue weighted by Gasteiger charge is 2.09. The van der Waals surface area contributed by atoms with Crippen LogP contribution < -0.4 is 21.7 Å². The van der Waals surface area contributed by atoms with Crippen LogP contribution in [0.25, 0.3) is 22.3 Å². The molecule has 2 aromatic heterocycles. The molecule has 0 spiro atoms. The number of nitrogens with one attached hydrogen (secondary N) is 4. The Labute approximate surface area is 220 Å². The zero-order valence-corrected chi connectivity index (χ0v) is 22.1. The van der Waals surface area contributed by atoms with E-state index in [1.807, 2.05) is 25.0 Å². The Morgan fingerprint density at radius 2 is 1.62 bits per heavy atom. The number of carbonyl (C=O) groups is 1. The van der Waals surface area contributed by atoms with Gasteiger partial charge in [-0.25, -0.2) is 9.97 Å². The van der Waals surface area contributed by atoms with Crippen LogP contribution >= 0.6 is 0 Å². The molecule has 0 unspecified atom stereocenters. The summed E-state index contributed by atoms with van der Waals surface area (Å²) in [6, 6.07) is 21.0. The Morgan fingerprint density at radius 1 is 0.865 bits per heavy atom. The highest BCUT2D eigenvalue weighted by molar-refractivity contribution is 5.91. The second-order valence-corrected chi connectivity index (χ2v) is 8.32. The lowest BCUT2D eigenvalue weighted by atomic mass is 10.1. The minimum atomic E-state index is 0.724. The van der Waals surface area contributed by atoms with E-state index in [1.165, 1.54) is 38.3 Å². The summed E-state index contributed by atoms with van der Waals surface area (Å²) in [5, 5.41) is 11.4. The first-order valence-electron chi connectivity index (χ1n) is 12.9. The predicted octanol–water partition coefficient (Wildman–Crippen LogP) is 5.21. The largest absolute Gasteiger partial charge is 0.384 e. The summed E-state index contributed by atoms with van der Waals surface area (Å²) in [5.41, 5.74) is 9.85. The Morgan fingerprint density at radius 3 is 2.35 bits per heavy atom. The van der Waals surface area contributed by atoms with Gasteiger partial charge in [0.2, 0.25) is 0 Å². The van der Waals surface area contributed by atoms with Gasteiger partial charge in [-0.3, -0.25) is 0 Å². The number of hydrogen-bond acceptors (Lipinski definition) is 7. The van der Waals surface area contributed by atoms with E-state index in [-0.39, 0.29) is 0 Å². The van der Waals surface area contributed by atoms with Crippen LogP contribution in [0.15, 0.2) is 67.0 Å². The highest BCUT2D eigenvalue weighted by Crippen LogP contribution is 2.27. The van der Waals surface area contributed by atoms with Gasteiger partial charge in [0.25, 0.3) is 0 Å². The molecule has 37 heavy (non-hydrogen) atoms. The second-order valence-electron chi connectivity index (χ2n) is 8.32. The average Bonchev–Trinajstić information content (AvgIpc) is 3.41. The van der Waals surface area contributed by atoms with E-state index in [1.54, 1.807) is 6.33 Å². The van der Waals surface area contributed by atoms with Gasteiger partial charge in [-0.1, -0.05) is 68.7 Å². The standard InChI is InChI=1S/C27H34N6.CH5N.CH2O/c1-2-3-4-8-15-28-16-17-29-23-13-11-22(12-14-23)25-18-24-26(31-20-32-27(24)33-25)30-19-21-9-6-5-7-10-21;2*1-2/h5-7,9-14,18,20,28-29H,2-4,8,15-17,19H2,1H3,(H2,30,31,32,33);2H2,1H3;1H2. The van der Waals surface area contributed by atoms with Crippen molar-refractivity contribution in [1.82, 2.24) is 20.3 Å². The number of fused-ring (bicyclic) bond motifs is 1. The minimum Gasteiger partial charge on any atom is -0.384 e. The van der Waals surface area contributed by atoms with Gasteiger partial charge in [0.1, 0.15) is 24.6 Å². The Bertz CT molecular complexity index is 1130. The fraction of sp³-hybridized carbons (Fsp3) is 0.345. The molecule has 0 fully saturated rings. The van der Waals surface area contributed by atoms with Gasteiger partial charge in [-0.2, -0.15) is 0 Å². The lowest BCUT2D eigenvalue weighted by molar-refractivity contribution is -0.0979. The van der Waals surface area contributed by atoms with Gasteiger partial charge in [0.05, 0.1) is 5.39 Å². The molecule has 4 aromatic rings. The summed E-state index contributed by atoms with van der Waals surface area (Å²) in [6.07, 6.45) is 6.81. The minimum absolute atomic E-state index is 0.724. The van der Waals surface area contributed by atoms with Gasteiger partial charge < -0.3 is 31.5 Å². The van der Waals surface area contributed by atoms with E-state index in [0.29, 0.717) is 0 Å². The van der Waals surface area contributed by atoms with Gasteiger partial charge in [0, 0.05) is 31.0 Å². The number of aromatic nitrogens is 3. The summed E-state index contributed by atoms with van der Waals surface area (Å²) in [6.45, 7) is 7.98. The van der Waals surface area contributed by atoms with Gasteiger partial charge in [0.15, 0.2) is 0 Å². The van der Waals surface area contributed by atoms with Crippen molar-refractivity contribution >= 4 is 29.3 Å². The van der Waals surface area contributed by atoms with Crippen molar-refractivity contribution in [1.29, 1.82) is 0 Å². The Kier molecular flexibility index (Phi) is 14.1. The third-order valence-corrected chi connectivity index (χ3v) is 5.76. The number of nitrogens with zero attached hydrogens (tertiary/aromatic N) is 2. The summed E-state index contributed by atoms with van der Waals surface area (Å²) >= 11 is 0. The molecule has 0 aliphatic rings. The lowest BCUT2D eigenvalue weighted by Crippen LogP contribution is -2.23. The third-order valence-electron chi connectivity index (χ3n) is 5.76. The first-order chi connectivity index (χ1) is 18.3. The molecule has 2 heterocycles. The molecule has 0 saturated heterocycles. The molecular weight excluding hydrogens is 462 g/mol. The summed E-state index contributed by atoms with van der Waals surface area (Å²) in [5.74, 6) is 0.840. The van der Waals surface area contributed by atoms with Crippen molar-refractivity contribution < 1.29 is 4.79 Å². The molecule has 0 radical (unpaired) electrons. The number of hydrogen-bond donors (Lipinski definition) is 5. The third kappa shape index (κ3) is 9.67. The van der Waals surface area contributed by atoms with Crippen molar-refractivity contribution in [2.24, 2.45) is 5.73 Å². The second kappa shape index (κ2) is 17.6. The molecule has 8 nitrogen and oxygen atoms in total. The maximum absolute atomic E-state index is 8.00. The molecule has 4 rings (SSSR count). The Balaban J connectivity index is 0.00000115. The van der Waals surface area contributed by atoms with Gasteiger partial charge in [-0.15, -0.1) is 0 Å². The first-order valence-corrected chi connectivity index (χ1v) is 12.9. The zero-order valence-electron chi connectivity index (χ0n) is 22.1. The van der Waals surface area contributed by atoms with Crippen LogP contribution in [-0.4, -0.2) is 48.4 Å². The Hall–Kier alpha value is -3.75. The van der Waals surface area contributed by atoms with Crippen LogP contribution in [0.1, 0.15) is 38.2 Å². The number of aromatic amines is 1. The highest BCUT2D eigenvalue weighted by atomic mass is 16.1. The number of carbonyl (C=O) groups excluding carboxylic acids is 1. The zero-order chi connectivity index (χ0) is 26.7. The van der Waals surface area contributed by atoms with Gasteiger partial charge >= 0.3 is 0 Å². The number of anilines is 2. The van der Waals surface area contributed by atoms with Crippen LogP contribution in [0.5, 0.6) is 0 Å². The monoisotopic (exact) mass is 503 g/mol. The first kappa shape index (κ1) is 29.5. The van der Waals surface area contributed by atoms with Crippen molar-refractivity contribution in [2.75, 3.05) is 37.3 Å². The maximum Gasteiger partial charge on any atom is 0.143 e. The van der Waals surface area contributed by atoms with E-state index in [9.17, 15) is 0 Å². The summed E-state index contributed by atoms with van der Waals surface area (Å²) in [4.78, 5) is 20.3. The lowest BCUT2D eigenvalue weighted by Gasteiger charge is -2.08. The number of H-pyrrole nitrogens is 1. The molecule has 2 aromatic carbocycles. The summed E-state index contributed by atoms with van der Waals surface area (Å²) < 4.78 is 0. The van der Waals surface area contributed by atoms with Crippen molar-refractivity contribution in [2.45, 2.75) is 39.2 Å². The molecule has 0 atom stereocenters. The molecule has 0 amide bonds. The normalized spacial score (nSPS) is 10.1. The maximum atomic E-state index is 8.00. The quantitative estimate of drug-likeness (QED) is 0.159. The SMILES string of the molecule is C=O.CCCCCCNCCNc1ccc(-c2cc3c(NCc4ccccc4)ncnc3[nH]2)cc1.CN. The number of nitrogens with two attached hydrogens (primary N) is 1. The van der Waals surface area contributed by atoms with Crippen LogP contribution in [0, 0.1) is 0 Å². The van der Waals surface area contributed by atoms with E-state index in [4.69, 9.17) is 4.79 Å². The fourth-order valence-corrected chi connectivity index (χ4v) is 3.88. The van der Waals surface area contributed by atoms with E-state index in [0.717, 1.165) is 60.0 Å².